The van der Waals surface area contributed by atoms with Crippen molar-refractivity contribution in [3.8, 4) is 0 Å². The van der Waals surface area contributed by atoms with Gasteiger partial charge in [0.25, 0.3) is 5.91 Å². The number of benzene rings is 2. The van der Waals surface area contributed by atoms with Gasteiger partial charge in [-0.25, -0.2) is 8.42 Å². The van der Waals surface area contributed by atoms with Crippen molar-refractivity contribution in [2.45, 2.75) is 51.0 Å². The van der Waals surface area contributed by atoms with Gasteiger partial charge in [0.05, 0.1) is 4.90 Å². The summed E-state index contributed by atoms with van der Waals surface area (Å²) in [7, 11) is -3.84. The number of rotatable bonds is 6. The van der Waals surface area contributed by atoms with E-state index in [-0.39, 0.29) is 11.4 Å². The molecule has 3 rings (SSSR count). The Hall–Kier alpha value is -2.71. The first kappa shape index (κ1) is 23.0. The minimum atomic E-state index is -3.84. The van der Waals surface area contributed by atoms with Crippen LogP contribution in [0.4, 0.5) is 5.69 Å². The van der Waals surface area contributed by atoms with E-state index >= 15 is 0 Å². The molecule has 1 atom stereocenters. The highest BCUT2D eigenvalue weighted by Gasteiger charge is 2.38. The van der Waals surface area contributed by atoms with Gasteiger partial charge in [0, 0.05) is 12.2 Å². The quantitative estimate of drug-likeness (QED) is 0.690. The van der Waals surface area contributed by atoms with Crippen molar-refractivity contribution < 1.29 is 22.7 Å². The Morgan fingerprint density at radius 2 is 1.65 bits per heavy atom. The normalized spacial score (nSPS) is 17.2. The molecule has 1 aliphatic heterocycles. The van der Waals surface area contributed by atoms with Crippen molar-refractivity contribution in [1.29, 1.82) is 0 Å². The number of carbonyl (C=O) groups is 2. The third-order valence-electron chi connectivity index (χ3n) is 5.20. The lowest BCUT2D eigenvalue weighted by atomic mass is 10.1. The number of hydrogen-bond acceptors (Lipinski definition) is 5. The summed E-state index contributed by atoms with van der Waals surface area (Å²) in [6, 6.07) is 11.2. The second-order valence-electron chi connectivity index (χ2n) is 7.97. The molecule has 1 N–H and O–H groups in total. The molecular weight excluding hydrogens is 416 g/mol. The number of sulfonamides is 1. The Morgan fingerprint density at radius 1 is 1.00 bits per heavy atom. The van der Waals surface area contributed by atoms with E-state index in [9.17, 15) is 18.0 Å². The summed E-state index contributed by atoms with van der Waals surface area (Å²) in [5.41, 5.74) is 3.58. The largest absolute Gasteiger partial charge is 0.454 e. The maximum Gasteiger partial charge on any atom is 0.324 e. The molecule has 2 aromatic rings. The van der Waals surface area contributed by atoms with Crippen LogP contribution in [0.15, 0.2) is 47.4 Å². The van der Waals surface area contributed by atoms with E-state index in [1.807, 2.05) is 39.0 Å². The van der Waals surface area contributed by atoms with Gasteiger partial charge in [-0.3, -0.25) is 9.59 Å². The average molecular weight is 445 g/mol. The summed E-state index contributed by atoms with van der Waals surface area (Å²) in [6.07, 6.45) is 1.75. The molecule has 0 aliphatic carbocycles. The second kappa shape index (κ2) is 9.62. The molecule has 1 amide bonds. The summed E-state index contributed by atoms with van der Waals surface area (Å²) < 4.78 is 32.6. The Labute approximate surface area is 183 Å². The van der Waals surface area contributed by atoms with Crippen LogP contribution in [0.3, 0.4) is 0 Å². The Morgan fingerprint density at radius 3 is 2.29 bits per heavy atom. The van der Waals surface area contributed by atoms with Crippen molar-refractivity contribution in [2.75, 3.05) is 18.5 Å². The van der Waals surface area contributed by atoms with Crippen molar-refractivity contribution in [2.24, 2.45) is 0 Å². The molecule has 1 saturated heterocycles. The van der Waals surface area contributed by atoms with Gasteiger partial charge in [-0.05, 0) is 75.4 Å². The predicted octanol–water partition coefficient (Wildman–Crippen LogP) is 3.34. The van der Waals surface area contributed by atoms with Crippen LogP contribution in [-0.2, 0) is 24.3 Å². The van der Waals surface area contributed by atoms with E-state index in [0.29, 0.717) is 24.9 Å². The summed E-state index contributed by atoms with van der Waals surface area (Å²) in [4.78, 5) is 25.1. The number of amides is 1. The number of nitrogens with zero attached hydrogens (tertiary/aromatic N) is 1. The van der Waals surface area contributed by atoms with Crippen LogP contribution in [0.25, 0.3) is 0 Å². The second-order valence-corrected chi connectivity index (χ2v) is 9.86. The zero-order valence-electron chi connectivity index (χ0n) is 18.1. The lowest BCUT2D eigenvalue weighted by molar-refractivity contribution is -0.152. The monoisotopic (exact) mass is 444 g/mol. The Balaban J connectivity index is 1.66. The van der Waals surface area contributed by atoms with E-state index in [1.165, 1.54) is 4.31 Å². The zero-order valence-corrected chi connectivity index (χ0v) is 18.9. The number of nitrogens with one attached hydrogen (secondary N) is 1. The molecule has 1 fully saturated rings. The standard InChI is InChI=1S/C23H28N2O5S/c1-16-7-9-20(10-8-16)31(28,29)25-11-5-4-6-21(25)23(27)30-15-22(26)24-19-13-17(2)12-18(3)14-19/h7-10,12-14,21H,4-6,11,15H2,1-3H3,(H,24,26). The predicted molar refractivity (Wildman–Crippen MR) is 118 cm³/mol. The van der Waals surface area contributed by atoms with E-state index < -0.39 is 34.5 Å². The molecule has 0 saturated carbocycles. The number of ether oxygens (including phenoxy) is 1. The number of carbonyl (C=O) groups excluding carboxylic acids is 2. The van der Waals surface area contributed by atoms with Crippen LogP contribution in [0.2, 0.25) is 0 Å². The third-order valence-corrected chi connectivity index (χ3v) is 7.13. The Bertz CT molecular complexity index is 1040. The molecule has 0 bridgehead atoms. The maximum atomic E-state index is 13.1. The van der Waals surface area contributed by atoms with Gasteiger partial charge in [0.2, 0.25) is 10.0 Å². The maximum absolute atomic E-state index is 13.1. The topological polar surface area (TPSA) is 92.8 Å². The van der Waals surface area contributed by atoms with Crippen LogP contribution in [0.1, 0.15) is 36.0 Å². The molecule has 2 aromatic carbocycles. The fourth-order valence-corrected chi connectivity index (χ4v) is 5.40. The van der Waals surface area contributed by atoms with E-state index in [0.717, 1.165) is 16.7 Å². The van der Waals surface area contributed by atoms with Gasteiger partial charge >= 0.3 is 5.97 Å². The lowest BCUT2D eigenvalue weighted by Gasteiger charge is -2.33. The smallest absolute Gasteiger partial charge is 0.324 e. The Kier molecular flexibility index (Phi) is 7.12. The first-order valence-electron chi connectivity index (χ1n) is 10.3. The molecule has 0 spiro atoms. The number of aryl methyl sites for hydroxylation is 3. The zero-order chi connectivity index (χ0) is 22.6. The molecule has 166 valence electrons. The third kappa shape index (κ3) is 5.71. The molecule has 1 aliphatic rings. The molecule has 31 heavy (non-hydrogen) atoms. The average Bonchev–Trinajstić information content (AvgIpc) is 2.71. The first-order valence-corrected chi connectivity index (χ1v) is 11.7. The van der Waals surface area contributed by atoms with Gasteiger partial charge in [-0.2, -0.15) is 4.31 Å². The van der Waals surface area contributed by atoms with Crippen molar-refractivity contribution in [3.63, 3.8) is 0 Å². The summed E-state index contributed by atoms with van der Waals surface area (Å²) in [5, 5.41) is 2.71. The van der Waals surface area contributed by atoms with Crippen LogP contribution >= 0.6 is 0 Å². The summed E-state index contributed by atoms with van der Waals surface area (Å²) in [6.45, 7) is 5.50. The molecule has 0 aromatic heterocycles. The summed E-state index contributed by atoms with van der Waals surface area (Å²) in [5.74, 6) is -1.17. The van der Waals surface area contributed by atoms with Crippen LogP contribution in [0.5, 0.6) is 0 Å². The number of esters is 1. The molecule has 1 unspecified atom stereocenters. The number of hydrogen-bond donors (Lipinski definition) is 1. The molecule has 0 radical (unpaired) electrons. The highest BCUT2D eigenvalue weighted by molar-refractivity contribution is 7.89. The van der Waals surface area contributed by atoms with E-state index in [4.69, 9.17) is 4.74 Å². The van der Waals surface area contributed by atoms with Crippen molar-refractivity contribution in [1.82, 2.24) is 4.31 Å². The molecule has 7 nitrogen and oxygen atoms in total. The minimum absolute atomic E-state index is 0.144. The van der Waals surface area contributed by atoms with Gasteiger partial charge in [0.1, 0.15) is 6.04 Å². The molecular formula is C23H28N2O5S. The fourth-order valence-electron chi connectivity index (χ4n) is 3.75. The van der Waals surface area contributed by atoms with Gasteiger partial charge in [-0.15, -0.1) is 0 Å². The van der Waals surface area contributed by atoms with Crippen molar-refractivity contribution in [3.05, 3.63) is 59.2 Å². The van der Waals surface area contributed by atoms with Crippen LogP contribution in [0, 0.1) is 20.8 Å². The fraction of sp³-hybridized carbons (Fsp3) is 0.391. The van der Waals surface area contributed by atoms with Gasteiger partial charge in [0.15, 0.2) is 6.61 Å². The lowest BCUT2D eigenvalue weighted by Crippen LogP contribution is -2.48. The SMILES string of the molecule is Cc1ccc(S(=O)(=O)N2CCCCC2C(=O)OCC(=O)Nc2cc(C)cc(C)c2)cc1. The van der Waals surface area contributed by atoms with Crippen molar-refractivity contribution >= 4 is 27.6 Å². The minimum Gasteiger partial charge on any atom is -0.454 e. The van der Waals surface area contributed by atoms with Crippen LogP contribution in [-0.4, -0.2) is 43.8 Å². The highest BCUT2D eigenvalue weighted by atomic mass is 32.2. The molecule has 8 heteroatoms. The van der Waals surface area contributed by atoms with Gasteiger partial charge in [-0.1, -0.05) is 23.8 Å². The summed E-state index contributed by atoms with van der Waals surface area (Å²) >= 11 is 0. The number of anilines is 1. The number of piperidine rings is 1. The van der Waals surface area contributed by atoms with Gasteiger partial charge < -0.3 is 10.1 Å². The molecule has 1 heterocycles. The van der Waals surface area contributed by atoms with Crippen LogP contribution < -0.4 is 5.32 Å². The van der Waals surface area contributed by atoms with E-state index in [1.54, 1.807) is 24.3 Å². The first-order chi connectivity index (χ1) is 14.7. The highest BCUT2D eigenvalue weighted by Crippen LogP contribution is 2.26. The van der Waals surface area contributed by atoms with E-state index in [2.05, 4.69) is 5.32 Å².